The van der Waals surface area contributed by atoms with Crippen molar-refractivity contribution in [3.63, 3.8) is 0 Å². The van der Waals surface area contributed by atoms with Crippen LogP contribution in [0.2, 0.25) is 0 Å². The van der Waals surface area contributed by atoms with Crippen LogP contribution in [-0.2, 0) is 0 Å². The summed E-state index contributed by atoms with van der Waals surface area (Å²) in [6, 6.07) is 2.71. The topological polar surface area (TPSA) is 15.3 Å². The number of rotatable bonds is 4. The van der Waals surface area contributed by atoms with Crippen LogP contribution in [0.5, 0.6) is 0 Å². The van der Waals surface area contributed by atoms with Gasteiger partial charge in [0, 0.05) is 48.7 Å². The van der Waals surface area contributed by atoms with Gasteiger partial charge in [-0.25, -0.2) is 13.2 Å². The smallest absolute Gasteiger partial charge is 0.240 e. The van der Waals surface area contributed by atoms with E-state index in [0.29, 0.717) is 24.2 Å². The van der Waals surface area contributed by atoms with Crippen LogP contribution in [0.3, 0.4) is 0 Å². The van der Waals surface area contributed by atoms with Gasteiger partial charge in [-0.2, -0.15) is 0 Å². The summed E-state index contributed by atoms with van der Waals surface area (Å²) in [5.41, 5.74) is 0.836. The Morgan fingerprint density at radius 1 is 1.30 bits per heavy atom. The standard InChI is InChI=1S/C14H18BrF3N2/c1-9-6-10(15)7-11(14(9)18)12(8-13(16)17)20-4-2-19-3-5-20/h6-7,12-13,19H,2-5,8H2,1H3/t12-/m1/s1. The fourth-order valence-electron chi connectivity index (χ4n) is 2.63. The van der Waals surface area contributed by atoms with Crippen molar-refractivity contribution < 1.29 is 13.2 Å². The van der Waals surface area contributed by atoms with Crippen molar-refractivity contribution in [3.8, 4) is 0 Å². The van der Waals surface area contributed by atoms with Crippen molar-refractivity contribution in [3.05, 3.63) is 33.5 Å². The molecular formula is C14H18BrF3N2. The monoisotopic (exact) mass is 350 g/mol. The van der Waals surface area contributed by atoms with E-state index in [4.69, 9.17) is 0 Å². The number of hydrogen-bond donors (Lipinski definition) is 1. The minimum absolute atomic E-state index is 0.340. The Morgan fingerprint density at radius 2 is 1.95 bits per heavy atom. The number of piperazine rings is 1. The van der Waals surface area contributed by atoms with E-state index in [1.165, 1.54) is 0 Å². The molecule has 1 aliphatic heterocycles. The molecule has 6 heteroatoms. The molecule has 1 atom stereocenters. The maximum atomic E-state index is 14.3. The highest BCUT2D eigenvalue weighted by atomic mass is 79.9. The Labute approximate surface area is 125 Å². The highest BCUT2D eigenvalue weighted by Gasteiger charge is 2.28. The lowest BCUT2D eigenvalue weighted by Gasteiger charge is -2.35. The number of aryl methyl sites for hydroxylation is 1. The minimum atomic E-state index is -2.45. The molecule has 0 spiro atoms. The zero-order chi connectivity index (χ0) is 14.7. The van der Waals surface area contributed by atoms with Crippen molar-refractivity contribution >= 4 is 15.9 Å². The molecule has 1 fully saturated rings. The van der Waals surface area contributed by atoms with Crippen molar-refractivity contribution in [2.45, 2.75) is 25.8 Å². The average molecular weight is 351 g/mol. The van der Waals surface area contributed by atoms with E-state index in [1.807, 2.05) is 4.90 Å². The van der Waals surface area contributed by atoms with Gasteiger partial charge in [0.05, 0.1) is 0 Å². The van der Waals surface area contributed by atoms with E-state index < -0.39 is 12.5 Å². The maximum absolute atomic E-state index is 14.3. The van der Waals surface area contributed by atoms with Crippen LogP contribution in [0, 0.1) is 12.7 Å². The second-order valence-corrected chi connectivity index (χ2v) is 5.97. The van der Waals surface area contributed by atoms with E-state index >= 15 is 0 Å². The first-order valence-corrected chi connectivity index (χ1v) is 7.47. The summed E-state index contributed by atoms with van der Waals surface area (Å²) < 4.78 is 40.8. The molecule has 1 aromatic carbocycles. The quantitative estimate of drug-likeness (QED) is 0.893. The van der Waals surface area contributed by atoms with E-state index in [1.54, 1.807) is 19.1 Å². The minimum Gasteiger partial charge on any atom is -0.314 e. The number of benzene rings is 1. The van der Waals surface area contributed by atoms with Crippen LogP contribution in [0.15, 0.2) is 16.6 Å². The number of nitrogens with one attached hydrogen (secondary N) is 1. The highest BCUT2D eigenvalue weighted by molar-refractivity contribution is 9.10. The van der Waals surface area contributed by atoms with Gasteiger partial charge in [0.1, 0.15) is 5.82 Å². The van der Waals surface area contributed by atoms with Gasteiger partial charge in [-0.05, 0) is 24.6 Å². The van der Waals surface area contributed by atoms with Crippen molar-refractivity contribution in [1.82, 2.24) is 10.2 Å². The van der Waals surface area contributed by atoms with Crippen LogP contribution >= 0.6 is 15.9 Å². The van der Waals surface area contributed by atoms with Crippen molar-refractivity contribution in [2.75, 3.05) is 26.2 Å². The second-order valence-electron chi connectivity index (χ2n) is 5.05. The van der Waals surface area contributed by atoms with Gasteiger partial charge in [0.2, 0.25) is 6.43 Å². The van der Waals surface area contributed by atoms with Crippen LogP contribution in [-0.4, -0.2) is 37.5 Å². The number of alkyl halides is 2. The van der Waals surface area contributed by atoms with Gasteiger partial charge in [0.25, 0.3) is 0 Å². The van der Waals surface area contributed by atoms with E-state index in [0.717, 1.165) is 17.6 Å². The van der Waals surface area contributed by atoms with E-state index in [2.05, 4.69) is 21.2 Å². The molecule has 1 aromatic rings. The molecule has 112 valence electrons. The third-order valence-electron chi connectivity index (χ3n) is 3.60. The first kappa shape index (κ1) is 15.8. The zero-order valence-electron chi connectivity index (χ0n) is 11.3. The Kier molecular flexibility index (Phi) is 5.46. The SMILES string of the molecule is Cc1cc(Br)cc([C@@H](CC(F)F)N2CCNCC2)c1F. The van der Waals surface area contributed by atoms with Crippen LogP contribution in [0.1, 0.15) is 23.6 Å². The third kappa shape index (κ3) is 3.74. The molecule has 0 unspecified atom stereocenters. The summed E-state index contributed by atoms with van der Waals surface area (Å²) in [6.45, 7) is 4.45. The van der Waals surface area contributed by atoms with Crippen LogP contribution < -0.4 is 5.32 Å². The van der Waals surface area contributed by atoms with Gasteiger partial charge in [-0.15, -0.1) is 0 Å². The average Bonchev–Trinajstić information content (AvgIpc) is 2.41. The first-order valence-electron chi connectivity index (χ1n) is 6.67. The lowest BCUT2D eigenvalue weighted by molar-refractivity contribution is 0.0724. The van der Waals surface area contributed by atoms with E-state index in [-0.39, 0.29) is 12.2 Å². The molecule has 0 saturated carbocycles. The van der Waals surface area contributed by atoms with Gasteiger partial charge in [0.15, 0.2) is 0 Å². The molecule has 1 heterocycles. The molecule has 0 bridgehead atoms. The summed E-state index contributed by atoms with van der Waals surface area (Å²) in [5.74, 6) is -0.377. The molecule has 2 nitrogen and oxygen atoms in total. The molecule has 0 radical (unpaired) electrons. The molecule has 0 amide bonds. The van der Waals surface area contributed by atoms with Gasteiger partial charge < -0.3 is 5.32 Å². The molecule has 0 aliphatic carbocycles. The highest BCUT2D eigenvalue weighted by Crippen LogP contribution is 2.32. The van der Waals surface area contributed by atoms with E-state index in [9.17, 15) is 13.2 Å². The van der Waals surface area contributed by atoms with Crippen molar-refractivity contribution in [2.24, 2.45) is 0 Å². The van der Waals surface area contributed by atoms with Gasteiger partial charge in [-0.1, -0.05) is 15.9 Å². The molecule has 20 heavy (non-hydrogen) atoms. The number of halogens is 4. The summed E-state index contributed by atoms with van der Waals surface area (Å²) in [5, 5.41) is 3.18. The lowest BCUT2D eigenvalue weighted by Crippen LogP contribution is -2.45. The Bertz CT molecular complexity index is 462. The lowest BCUT2D eigenvalue weighted by atomic mass is 9.98. The Balaban J connectivity index is 2.34. The van der Waals surface area contributed by atoms with Crippen LogP contribution in [0.25, 0.3) is 0 Å². The maximum Gasteiger partial charge on any atom is 0.240 e. The molecule has 0 aromatic heterocycles. The summed E-state index contributed by atoms with van der Waals surface area (Å²) >= 11 is 3.32. The second kappa shape index (κ2) is 6.91. The fourth-order valence-corrected chi connectivity index (χ4v) is 3.22. The summed E-state index contributed by atoms with van der Waals surface area (Å²) in [4.78, 5) is 1.94. The molecular weight excluding hydrogens is 333 g/mol. The van der Waals surface area contributed by atoms with Gasteiger partial charge in [-0.3, -0.25) is 4.90 Å². The predicted octanol–water partition coefficient (Wildman–Crippen LogP) is 3.50. The van der Waals surface area contributed by atoms with Gasteiger partial charge >= 0.3 is 0 Å². The fraction of sp³-hybridized carbons (Fsp3) is 0.571. The van der Waals surface area contributed by atoms with Crippen molar-refractivity contribution in [1.29, 1.82) is 0 Å². The Morgan fingerprint density at radius 3 is 2.55 bits per heavy atom. The Hall–Kier alpha value is -0.590. The number of hydrogen-bond acceptors (Lipinski definition) is 2. The molecule has 1 saturated heterocycles. The normalized spacial score (nSPS) is 18.5. The third-order valence-corrected chi connectivity index (χ3v) is 4.06. The first-order chi connectivity index (χ1) is 9.49. The van der Waals surface area contributed by atoms with Crippen LogP contribution in [0.4, 0.5) is 13.2 Å². The predicted molar refractivity (Wildman–Crippen MR) is 76.6 cm³/mol. The summed E-state index contributed by atoms with van der Waals surface area (Å²) in [6.07, 6.45) is -2.79. The molecule has 1 N–H and O–H groups in total. The zero-order valence-corrected chi connectivity index (χ0v) is 12.9. The summed E-state index contributed by atoms with van der Waals surface area (Å²) in [7, 11) is 0. The largest absolute Gasteiger partial charge is 0.314 e. The number of nitrogens with zero attached hydrogens (tertiary/aromatic N) is 1. The molecule has 1 aliphatic rings. The molecule has 2 rings (SSSR count).